The van der Waals surface area contributed by atoms with E-state index >= 15 is 0 Å². The predicted octanol–water partition coefficient (Wildman–Crippen LogP) is 2.43. The van der Waals surface area contributed by atoms with Crippen LogP contribution in [0.15, 0.2) is 0 Å². The highest BCUT2D eigenvalue weighted by Gasteiger charge is 2.57. The van der Waals surface area contributed by atoms with Crippen molar-refractivity contribution in [3.05, 3.63) is 0 Å². The molecule has 0 saturated carbocycles. The van der Waals surface area contributed by atoms with Crippen LogP contribution in [0.2, 0.25) is 0 Å². The molecule has 3 nitrogen and oxygen atoms in total. The molecule has 1 aliphatic heterocycles. The van der Waals surface area contributed by atoms with Crippen LogP contribution in [-0.4, -0.2) is 51.8 Å². The number of thioether (sulfide) groups is 1. The lowest BCUT2D eigenvalue weighted by atomic mass is 10.0. The lowest BCUT2D eigenvalue weighted by molar-refractivity contribution is -0.253. The van der Waals surface area contributed by atoms with Crippen LogP contribution >= 0.6 is 11.8 Å². The van der Waals surface area contributed by atoms with Gasteiger partial charge in [-0.2, -0.15) is 13.2 Å². The summed E-state index contributed by atoms with van der Waals surface area (Å²) in [6, 6.07) is 0. The van der Waals surface area contributed by atoms with E-state index in [1.54, 1.807) is 6.92 Å². The molecular formula is C12H20F3NO2S. The zero-order chi connectivity index (χ0) is 14.7. The maximum absolute atomic E-state index is 12.6. The summed E-state index contributed by atoms with van der Waals surface area (Å²) in [4.78, 5) is 13.1. The van der Waals surface area contributed by atoms with Crippen molar-refractivity contribution < 1.29 is 23.1 Å². The van der Waals surface area contributed by atoms with E-state index in [9.17, 15) is 23.1 Å². The molecule has 1 N–H and O–H groups in total. The Balaban J connectivity index is 2.52. The predicted molar refractivity (Wildman–Crippen MR) is 69.0 cm³/mol. The number of β-amino-alcohol motifs (C(OH)–C–C–N with tert-alkyl or cyclic N) is 1. The molecule has 0 bridgehead atoms. The van der Waals surface area contributed by atoms with Gasteiger partial charge in [-0.05, 0) is 19.1 Å². The zero-order valence-electron chi connectivity index (χ0n) is 11.2. The lowest BCUT2D eigenvalue weighted by Crippen LogP contribution is -2.48. The van der Waals surface area contributed by atoms with Gasteiger partial charge < -0.3 is 10.0 Å². The highest BCUT2D eigenvalue weighted by molar-refractivity contribution is 8.00. The van der Waals surface area contributed by atoms with Crippen molar-refractivity contribution in [3.63, 3.8) is 0 Å². The van der Waals surface area contributed by atoms with Crippen LogP contribution in [0, 0.1) is 0 Å². The summed E-state index contributed by atoms with van der Waals surface area (Å²) in [5.41, 5.74) is -2.74. The van der Waals surface area contributed by atoms with Gasteiger partial charge in [-0.3, -0.25) is 4.79 Å². The monoisotopic (exact) mass is 299 g/mol. The fourth-order valence-electron chi connectivity index (χ4n) is 1.95. The summed E-state index contributed by atoms with van der Waals surface area (Å²) in [6.45, 7) is 3.06. The molecule has 1 amide bonds. The quantitative estimate of drug-likeness (QED) is 0.793. The van der Waals surface area contributed by atoms with Gasteiger partial charge in [0, 0.05) is 13.0 Å². The first kappa shape index (κ1) is 16.6. The fourth-order valence-corrected chi connectivity index (χ4v) is 3.05. The van der Waals surface area contributed by atoms with Crippen molar-refractivity contribution in [1.82, 2.24) is 4.90 Å². The second kappa shape index (κ2) is 6.35. The van der Waals surface area contributed by atoms with Crippen molar-refractivity contribution in [2.45, 2.75) is 50.1 Å². The van der Waals surface area contributed by atoms with E-state index in [1.807, 2.05) is 6.92 Å². The smallest absolute Gasteiger partial charge is 0.379 e. The van der Waals surface area contributed by atoms with Crippen molar-refractivity contribution >= 4 is 17.7 Å². The molecule has 7 heteroatoms. The molecule has 2 atom stereocenters. The Morgan fingerprint density at radius 3 is 2.63 bits per heavy atom. The molecule has 112 valence electrons. The average molecular weight is 299 g/mol. The number of amides is 1. The van der Waals surface area contributed by atoms with E-state index in [4.69, 9.17) is 0 Å². The van der Waals surface area contributed by atoms with Gasteiger partial charge in [0.1, 0.15) is 0 Å². The van der Waals surface area contributed by atoms with Gasteiger partial charge in [0.05, 0.1) is 11.8 Å². The van der Waals surface area contributed by atoms with Gasteiger partial charge in [0.25, 0.3) is 0 Å². The molecular weight excluding hydrogens is 279 g/mol. The Morgan fingerprint density at radius 1 is 1.53 bits per heavy atom. The molecule has 1 heterocycles. The standard InChI is InChI=1S/C12H20F3NO2S/c1-3-4-7-19-9(2)10(17)16-6-5-11(18,8-16)12(13,14)15/h9,18H,3-8H2,1-2H3/t9-,11-/m0/s1. The van der Waals surface area contributed by atoms with Crippen LogP contribution < -0.4 is 0 Å². The molecule has 0 aromatic heterocycles. The van der Waals surface area contributed by atoms with E-state index in [0.717, 1.165) is 23.5 Å². The van der Waals surface area contributed by atoms with E-state index in [-0.39, 0.29) is 17.7 Å². The van der Waals surface area contributed by atoms with Crippen molar-refractivity contribution in [2.24, 2.45) is 0 Å². The topological polar surface area (TPSA) is 40.5 Å². The molecule has 1 aliphatic rings. The number of halogens is 3. The number of unbranched alkanes of at least 4 members (excludes halogenated alkanes) is 1. The Kier molecular flexibility index (Phi) is 5.55. The van der Waals surface area contributed by atoms with Gasteiger partial charge in [-0.15, -0.1) is 11.8 Å². The maximum Gasteiger partial charge on any atom is 0.419 e. The molecule has 0 spiro atoms. The van der Waals surface area contributed by atoms with Crippen LogP contribution in [0.3, 0.4) is 0 Å². The molecule has 0 aromatic rings. The summed E-state index contributed by atoms with van der Waals surface area (Å²) in [6.07, 6.45) is -3.12. The third kappa shape index (κ3) is 4.02. The third-order valence-corrected chi connectivity index (χ3v) is 4.53. The maximum atomic E-state index is 12.6. The van der Waals surface area contributed by atoms with Crippen LogP contribution in [0.5, 0.6) is 0 Å². The van der Waals surface area contributed by atoms with E-state index in [0.29, 0.717) is 0 Å². The SMILES string of the molecule is CCCCS[C@@H](C)C(=O)N1CC[C@@](O)(C(F)(F)F)C1. The third-order valence-electron chi connectivity index (χ3n) is 3.30. The average Bonchev–Trinajstić information content (AvgIpc) is 2.72. The summed E-state index contributed by atoms with van der Waals surface area (Å²) in [5.74, 6) is 0.502. The number of alkyl halides is 3. The van der Waals surface area contributed by atoms with E-state index in [2.05, 4.69) is 0 Å². The Hall–Kier alpha value is -0.430. The fraction of sp³-hybridized carbons (Fsp3) is 0.917. The first-order valence-corrected chi connectivity index (χ1v) is 7.45. The summed E-state index contributed by atoms with van der Waals surface area (Å²) in [5, 5.41) is 9.16. The van der Waals surface area contributed by atoms with E-state index < -0.39 is 24.7 Å². The van der Waals surface area contributed by atoms with Gasteiger partial charge in [-0.25, -0.2) is 0 Å². The van der Waals surface area contributed by atoms with Gasteiger partial charge in [0.15, 0.2) is 5.60 Å². The van der Waals surface area contributed by atoms with Crippen LogP contribution in [0.1, 0.15) is 33.1 Å². The number of likely N-dealkylation sites (tertiary alicyclic amines) is 1. The summed E-state index contributed by atoms with van der Waals surface area (Å²) in [7, 11) is 0. The van der Waals surface area contributed by atoms with Gasteiger partial charge in [0.2, 0.25) is 5.91 Å². The second-order valence-electron chi connectivity index (χ2n) is 4.91. The molecule has 1 saturated heterocycles. The number of nitrogens with zero attached hydrogens (tertiary/aromatic N) is 1. The van der Waals surface area contributed by atoms with Crippen LogP contribution in [0.25, 0.3) is 0 Å². The van der Waals surface area contributed by atoms with Gasteiger partial charge in [-0.1, -0.05) is 13.3 Å². The largest absolute Gasteiger partial charge is 0.419 e. The number of hydrogen-bond donors (Lipinski definition) is 1. The second-order valence-corrected chi connectivity index (χ2v) is 6.35. The first-order valence-electron chi connectivity index (χ1n) is 6.41. The van der Waals surface area contributed by atoms with Crippen LogP contribution in [0.4, 0.5) is 13.2 Å². The molecule has 0 aliphatic carbocycles. The molecule has 0 radical (unpaired) electrons. The minimum atomic E-state index is -4.68. The lowest BCUT2D eigenvalue weighted by Gasteiger charge is -2.26. The normalized spacial score (nSPS) is 25.7. The minimum absolute atomic E-state index is 0.0342. The number of aliphatic hydroxyl groups is 1. The molecule has 1 fully saturated rings. The van der Waals surface area contributed by atoms with Crippen LogP contribution in [-0.2, 0) is 4.79 Å². The Bertz CT molecular complexity index is 325. The number of carbonyl (C=O) groups excluding carboxylic acids is 1. The first-order chi connectivity index (χ1) is 8.71. The van der Waals surface area contributed by atoms with Crippen molar-refractivity contribution in [1.29, 1.82) is 0 Å². The highest BCUT2D eigenvalue weighted by Crippen LogP contribution is 2.38. The zero-order valence-corrected chi connectivity index (χ0v) is 12.0. The number of rotatable bonds is 5. The number of hydrogen-bond acceptors (Lipinski definition) is 3. The molecule has 0 unspecified atom stereocenters. The van der Waals surface area contributed by atoms with E-state index in [1.165, 1.54) is 11.8 Å². The van der Waals surface area contributed by atoms with Crippen molar-refractivity contribution in [2.75, 3.05) is 18.8 Å². The molecule has 0 aromatic carbocycles. The highest BCUT2D eigenvalue weighted by atomic mass is 32.2. The Morgan fingerprint density at radius 2 is 2.16 bits per heavy atom. The van der Waals surface area contributed by atoms with Crippen molar-refractivity contribution in [3.8, 4) is 0 Å². The summed E-state index contributed by atoms with van der Waals surface area (Å²) < 4.78 is 37.9. The molecule has 1 rings (SSSR count). The Labute approximate surface area is 115 Å². The number of carbonyl (C=O) groups is 1. The minimum Gasteiger partial charge on any atom is -0.379 e. The molecule has 19 heavy (non-hydrogen) atoms. The van der Waals surface area contributed by atoms with Gasteiger partial charge >= 0.3 is 6.18 Å². The summed E-state index contributed by atoms with van der Waals surface area (Å²) >= 11 is 1.45.